The third-order valence-electron chi connectivity index (χ3n) is 4.12. The number of nitrogen functional groups attached to an aromatic ring is 1. The van der Waals surface area contributed by atoms with Gasteiger partial charge in [0.2, 0.25) is 0 Å². The highest BCUT2D eigenvalue weighted by Gasteiger charge is 2.25. The second kappa shape index (κ2) is 5.01. The fraction of sp³-hybridized carbons (Fsp3) is 0.533. The van der Waals surface area contributed by atoms with Gasteiger partial charge in [0.15, 0.2) is 5.78 Å². The maximum absolute atomic E-state index is 11.5. The molecule has 0 spiro atoms. The molecule has 2 unspecified atom stereocenters. The molecule has 3 nitrogen and oxygen atoms in total. The molecule has 3 heteroatoms. The van der Waals surface area contributed by atoms with E-state index in [1.54, 1.807) is 6.92 Å². The summed E-state index contributed by atoms with van der Waals surface area (Å²) >= 11 is 0. The van der Waals surface area contributed by atoms with Crippen LogP contribution in [0.2, 0.25) is 0 Å². The van der Waals surface area contributed by atoms with Crippen molar-refractivity contribution in [2.75, 3.05) is 17.2 Å². The van der Waals surface area contributed by atoms with Crippen LogP contribution in [0.3, 0.4) is 0 Å². The second-order valence-corrected chi connectivity index (χ2v) is 5.38. The van der Waals surface area contributed by atoms with Gasteiger partial charge in [-0.2, -0.15) is 0 Å². The van der Waals surface area contributed by atoms with Crippen molar-refractivity contribution >= 4 is 17.2 Å². The van der Waals surface area contributed by atoms with Gasteiger partial charge in [0.1, 0.15) is 0 Å². The highest BCUT2D eigenvalue weighted by atomic mass is 16.1. The molecule has 0 amide bonds. The summed E-state index contributed by atoms with van der Waals surface area (Å²) in [5, 5.41) is 0. The van der Waals surface area contributed by atoms with Gasteiger partial charge in [-0.15, -0.1) is 0 Å². The van der Waals surface area contributed by atoms with Crippen molar-refractivity contribution in [3.8, 4) is 0 Å². The zero-order valence-electron chi connectivity index (χ0n) is 11.4. The van der Waals surface area contributed by atoms with Crippen molar-refractivity contribution in [3.63, 3.8) is 0 Å². The van der Waals surface area contributed by atoms with Crippen LogP contribution in [-0.4, -0.2) is 18.4 Å². The molecule has 1 saturated heterocycles. The Balaban J connectivity index is 2.33. The number of carbonyl (C=O) groups excluding carboxylic acids is 1. The van der Waals surface area contributed by atoms with Crippen LogP contribution < -0.4 is 10.6 Å². The smallest absolute Gasteiger partial charge is 0.161 e. The number of ketones is 1. The monoisotopic (exact) mass is 246 g/mol. The predicted molar refractivity (Wildman–Crippen MR) is 76.1 cm³/mol. The van der Waals surface area contributed by atoms with E-state index in [4.69, 9.17) is 5.73 Å². The molecule has 1 aliphatic rings. The first-order valence-electron chi connectivity index (χ1n) is 6.68. The Morgan fingerprint density at radius 3 is 2.78 bits per heavy atom. The van der Waals surface area contributed by atoms with Gasteiger partial charge in [-0.1, -0.05) is 6.92 Å². The maximum atomic E-state index is 11.5. The van der Waals surface area contributed by atoms with Crippen LogP contribution in [0.25, 0.3) is 0 Å². The molecule has 0 saturated carbocycles. The number of anilines is 2. The van der Waals surface area contributed by atoms with Crippen LogP contribution in [0.5, 0.6) is 0 Å². The molecule has 2 atom stereocenters. The SMILES string of the molecule is CC(=O)c1cc(N2CCCC(C)C2C)ccc1N. The summed E-state index contributed by atoms with van der Waals surface area (Å²) in [5.74, 6) is 0.726. The van der Waals surface area contributed by atoms with Crippen molar-refractivity contribution in [2.45, 2.75) is 39.7 Å². The summed E-state index contributed by atoms with van der Waals surface area (Å²) in [6, 6.07) is 6.32. The third-order valence-corrected chi connectivity index (χ3v) is 4.12. The van der Waals surface area contributed by atoms with Crippen LogP contribution in [0.4, 0.5) is 11.4 Å². The topological polar surface area (TPSA) is 46.3 Å². The van der Waals surface area contributed by atoms with E-state index in [0.717, 1.165) is 12.2 Å². The molecular formula is C15H22N2O. The summed E-state index contributed by atoms with van der Waals surface area (Å²) in [6.45, 7) is 7.18. The number of rotatable bonds is 2. The van der Waals surface area contributed by atoms with E-state index in [-0.39, 0.29) is 5.78 Å². The Bertz CT molecular complexity index is 456. The average molecular weight is 246 g/mol. The largest absolute Gasteiger partial charge is 0.398 e. The molecule has 1 heterocycles. The Hall–Kier alpha value is -1.51. The lowest BCUT2D eigenvalue weighted by atomic mass is 9.91. The molecule has 18 heavy (non-hydrogen) atoms. The molecular weight excluding hydrogens is 224 g/mol. The zero-order chi connectivity index (χ0) is 13.3. The van der Waals surface area contributed by atoms with Crippen LogP contribution in [0.1, 0.15) is 44.0 Å². The zero-order valence-corrected chi connectivity index (χ0v) is 11.4. The van der Waals surface area contributed by atoms with E-state index in [2.05, 4.69) is 18.7 Å². The Labute approximate surface area is 109 Å². The summed E-state index contributed by atoms with van der Waals surface area (Å²) < 4.78 is 0. The highest BCUT2D eigenvalue weighted by Crippen LogP contribution is 2.30. The summed E-state index contributed by atoms with van der Waals surface area (Å²) in [5.41, 5.74) is 8.17. The lowest BCUT2D eigenvalue weighted by molar-refractivity contribution is 0.101. The van der Waals surface area contributed by atoms with Gasteiger partial charge in [0, 0.05) is 29.5 Å². The van der Waals surface area contributed by atoms with Crippen molar-refractivity contribution in [1.29, 1.82) is 0 Å². The number of hydrogen-bond donors (Lipinski definition) is 1. The van der Waals surface area contributed by atoms with Crippen LogP contribution in [0, 0.1) is 5.92 Å². The van der Waals surface area contributed by atoms with Gasteiger partial charge in [0.05, 0.1) is 0 Å². The fourth-order valence-electron chi connectivity index (χ4n) is 2.73. The second-order valence-electron chi connectivity index (χ2n) is 5.38. The minimum atomic E-state index is 0.0343. The van der Waals surface area contributed by atoms with Crippen molar-refractivity contribution in [3.05, 3.63) is 23.8 Å². The molecule has 2 N–H and O–H groups in total. The average Bonchev–Trinajstić information content (AvgIpc) is 2.33. The van der Waals surface area contributed by atoms with E-state index in [9.17, 15) is 4.79 Å². The van der Waals surface area contributed by atoms with Gasteiger partial charge >= 0.3 is 0 Å². The fourth-order valence-corrected chi connectivity index (χ4v) is 2.73. The van der Waals surface area contributed by atoms with Crippen LogP contribution in [-0.2, 0) is 0 Å². The maximum Gasteiger partial charge on any atom is 0.161 e. The number of nitrogens with zero attached hydrogens (tertiary/aromatic N) is 1. The van der Waals surface area contributed by atoms with Gasteiger partial charge in [0.25, 0.3) is 0 Å². The van der Waals surface area contributed by atoms with Gasteiger partial charge in [-0.25, -0.2) is 0 Å². The van der Waals surface area contributed by atoms with Gasteiger partial charge in [-0.3, -0.25) is 4.79 Å². The number of nitrogens with two attached hydrogens (primary N) is 1. The van der Waals surface area contributed by atoms with E-state index in [1.807, 2.05) is 18.2 Å². The molecule has 0 radical (unpaired) electrons. The quantitative estimate of drug-likeness (QED) is 0.644. The minimum Gasteiger partial charge on any atom is -0.398 e. The number of benzene rings is 1. The molecule has 2 rings (SSSR count). The Kier molecular flexibility index (Phi) is 3.60. The summed E-state index contributed by atoms with van der Waals surface area (Å²) in [7, 11) is 0. The van der Waals surface area contributed by atoms with Gasteiger partial charge < -0.3 is 10.6 Å². The molecule has 1 fully saturated rings. The summed E-state index contributed by atoms with van der Waals surface area (Å²) in [6.07, 6.45) is 2.50. The Morgan fingerprint density at radius 1 is 1.39 bits per heavy atom. The minimum absolute atomic E-state index is 0.0343. The summed E-state index contributed by atoms with van der Waals surface area (Å²) in [4.78, 5) is 13.9. The molecule has 0 aromatic heterocycles. The number of hydrogen-bond acceptors (Lipinski definition) is 3. The van der Waals surface area contributed by atoms with Crippen molar-refractivity contribution in [1.82, 2.24) is 0 Å². The predicted octanol–water partition coefficient (Wildman–Crippen LogP) is 3.10. The third kappa shape index (κ3) is 2.35. The molecule has 0 aliphatic carbocycles. The number of carbonyl (C=O) groups is 1. The number of Topliss-reactive ketones (excluding diaryl/α,β-unsaturated/α-hetero) is 1. The number of piperidine rings is 1. The molecule has 1 aromatic carbocycles. The normalized spacial score (nSPS) is 24.1. The first-order chi connectivity index (χ1) is 8.50. The van der Waals surface area contributed by atoms with E-state index in [0.29, 0.717) is 23.2 Å². The van der Waals surface area contributed by atoms with Crippen LogP contribution in [0.15, 0.2) is 18.2 Å². The van der Waals surface area contributed by atoms with Gasteiger partial charge in [-0.05, 0) is 50.8 Å². The van der Waals surface area contributed by atoms with E-state index < -0.39 is 0 Å². The highest BCUT2D eigenvalue weighted by molar-refractivity contribution is 6.00. The molecule has 1 aliphatic heterocycles. The van der Waals surface area contributed by atoms with E-state index in [1.165, 1.54) is 12.8 Å². The molecule has 98 valence electrons. The van der Waals surface area contributed by atoms with Crippen LogP contribution >= 0.6 is 0 Å². The lowest BCUT2D eigenvalue weighted by Crippen LogP contribution is -2.42. The first kappa shape index (κ1) is 12.9. The molecule has 1 aromatic rings. The lowest BCUT2D eigenvalue weighted by Gasteiger charge is -2.39. The van der Waals surface area contributed by atoms with Crippen molar-refractivity contribution in [2.24, 2.45) is 5.92 Å². The standard InChI is InChI=1S/C15H22N2O/c1-10-5-4-8-17(11(10)2)13-6-7-15(16)14(9-13)12(3)18/h6-7,9-11H,4-5,8,16H2,1-3H3. The Morgan fingerprint density at radius 2 is 2.11 bits per heavy atom. The molecule has 0 bridgehead atoms. The first-order valence-corrected chi connectivity index (χ1v) is 6.68. The van der Waals surface area contributed by atoms with E-state index >= 15 is 0 Å². The van der Waals surface area contributed by atoms with Crippen molar-refractivity contribution < 1.29 is 4.79 Å².